The number of carbonyl (C=O) groups excluding carboxylic acids is 2. The highest BCUT2D eigenvalue weighted by Gasteiger charge is 2.31. The Morgan fingerprint density at radius 2 is 2.00 bits per heavy atom. The fourth-order valence-corrected chi connectivity index (χ4v) is 3.62. The minimum Gasteiger partial charge on any atom is -0.467 e. The quantitative estimate of drug-likeness (QED) is 0.671. The number of nitrogens with zero attached hydrogens (tertiary/aromatic N) is 3. The van der Waals surface area contributed by atoms with E-state index in [0.29, 0.717) is 31.2 Å². The average molecular weight is 395 g/mol. The Labute approximate surface area is 168 Å². The zero-order chi connectivity index (χ0) is 20.4. The van der Waals surface area contributed by atoms with Crippen molar-refractivity contribution in [2.24, 2.45) is 5.92 Å². The van der Waals surface area contributed by atoms with Gasteiger partial charge in [0.25, 0.3) is 0 Å². The molecule has 1 aliphatic rings. The van der Waals surface area contributed by atoms with E-state index in [-0.39, 0.29) is 24.4 Å². The summed E-state index contributed by atoms with van der Waals surface area (Å²) in [5, 5.41) is 5.74. The molecule has 152 valence electrons. The van der Waals surface area contributed by atoms with Crippen molar-refractivity contribution in [3.63, 3.8) is 0 Å². The van der Waals surface area contributed by atoms with E-state index in [2.05, 4.69) is 15.6 Å². The van der Waals surface area contributed by atoms with Gasteiger partial charge in [0.2, 0.25) is 11.9 Å². The number of furan rings is 1. The lowest BCUT2D eigenvalue weighted by Crippen LogP contribution is -2.51. The summed E-state index contributed by atoms with van der Waals surface area (Å²) in [4.78, 5) is 31.9. The zero-order valence-electron chi connectivity index (χ0n) is 16.6. The third-order valence-electron chi connectivity index (χ3n) is 5.01. The molecule has 4 rings (SSSR count). The first kappa shape index (κ1) is 19.0. The number of benzene rings is 1. The molecule has 3 heterocycles. The maximum absolute atomic E-state index is 13.0. The van der Waals surface area contributed by atoms with Crippen LogP contribution in [0.25, 0.3) is 11.0 Å². The van der Waals surface area contributed by atoms with Gasteiger partial charge in [0.1, 0.15) is 11.8 Å². The topological polar surface area (TPSA) is 92.4 Å². The molecule has 3 aromatic rings. The Bertz CT molecular complexity index is 1010. The Morgan fingerprint density at radius 1 is 1.17 bits per heavy atom. The standard InChI is InChI=1S/C21H25N5O3/c1-14(2)12-17(19(27)22-13-15-6-5-11-29-15)24-21(28)26-10-9-25-18-8-4-3-7-16(18)23-20(25)26/h3-8,11,14,17H,9-10,12-13H2,1-2H3,(H,22,27)(H,24,28)/t17-/m0/s1. The van der Waals surface area contributed by atoms with Gasteiger partial charge in [-0.05, 0) is 36.6 Å². The van der Waals surface area contributed by atoms with Crippen molar-refractivity contribution in [3.05, 3.63) is 48.4 Å². The number of imidazole rings is 1. The number of anilines is 1. The van der Waals surface area contributed by atoms with Crippen LogP contribution in [0, 0.1) is 5.92 Å². The second-order valence-corrected chi connectivity index (χ2v) is 7.63. The van der Waals surface area contributed by atoms with Crippen molar-refractivity contribution in [2.45, 2.75) is 39.4 Å². The van der Waals surface area contributed by atoms with Crippen molar-refractivity contribution in [3.8, 4) is 0 Å². The van der Waals surface area contributed by atoms with Crippen molar-refractivity contribution in [1.82, 2.24) is 20.2 Å². The Kier molecular flexibility index (Phi) is 5.24. The molecule has 2 aromatic heterocycles. The van der Waals surface area contributed by atoms with Crippen LogP contribution in [0.5, 0.6) is 0 Å². The van der Waals surface area contributed by atoms with E-state index in [9.17, 15) is 9.59 Å². The summed E-state index contributed by atoms with van der Waals surface area (Å²) in [7, 11) is 0. The Morgan fingerprint density at radius 3 is 2.76 bits per heavy atom. The molecule has 1 atom stereocenters. The SMILES string of the molecule is CC(C)C[C@H](NC(=O)N1CCn2c1nc1ccccc12)C(=O)NCc1ccco1. The van der Waals surface area contributed by atoms with Gasteiger partial charge in [-0.25, -0.2) is 9.78 Å². The van der Waals surface area contributed by atoms with Crippen LogP contribution in [0.1, 0.15) is 26.0 Å². The second kappa shape index (κ2) is 7.98. The number of rotatable bonds is 6. The summed E-state index contributed by atoms with van der Waals surface area (Å²) in [6.07, 6.45) is 2.11. The monoisotopic (exact) mass is 395 g/mol. The molecular formula is C21H25N5O3. The molecule has 0 aliphatic carbocycles. The fraction of sp³-hybridized carbons (Fsp3) is 0.381. The van der Waals surface area contributed by atoms with Gasteiger partial charge in [-0.1, -0.05) is 26.0 Å². The summed E-state index contributed by atoms with van der Waals surface area (Å²) in [6.45, 7) is 5.54. The number of para-hydroxylation sites is 2. The molecule has 0 bridgehead atoms. The van der Waals surface area contributed by atoms with E-state index in [1.54, 1.807) is 23.3 Å². The highest BCUT2D eigenvalue weighted by molar-refractivity contribution is 5.96. The Balaban J connectivity index is 1.46. The molecule has 2 N–H and O–H groups in total. The van der Waals surface area contributed by atoms with Gasteiger partial charge < -0.3 is 19.6 Å². The van der Waals surface area contributed by atoms with Gasteiger partial charge in [-0.3, -0.25) is 9.69 Å². The number of urea groups is 1. The van der Waals surface area contributed by atoms with Crippen LogP contribution in [-0.4, -0.2) is 34.1 Å². The molecule has 8 heteroatoms. The predicted octanol–water partition coefficient (Wildman–Crippen LogP) is 2.89. The molecule has 0 fully saturated rings. The molecule has 8 nitrogen and oxygen atoms in total. The summed E-state index contributed by atoms with van der Waals surface area (Å²) in [5.74, 6) is 1.30. The largest absolute Gasteiger partial charge is 0.467 e. The minimum atomic E-state index is -0.629. The number of fused-ring (bicyclic) bond motifs is 3. The minimum absolute atomic E-state index is 0.226. The number of hydrogen-bond acceptors (Lipinski definition) is 4. The predicted molar refractivity (Wildman–Crippen MR) is 109 cm³/mol. The molecule has 0 saturated heterocycles. The van der Waals surface area contributed by atoms with Gasteiger partial charge in [-0.2, -0.15) is 0 Å². The van der Waals surface area contributed by atoms with E-state index in [1.165, 1.54) is 0 Å². The third kappa shape index (κ3) is 3.96. The smallest absolute Gasteiger partial charge is 0.324 e. The normalized spacial score (nSPS) is 14.2. The van der Waals surface area contributed by atoms with Crippen LogP contribution in [0.3, 0.4) is 0 Å². The molecular weight excluding hydrogens is 370 g/mol. The number of aromatic nitrogens is 2. The van der Waals surface area contributed by atoms with E-state index >= 15 is 0 Å². The van der Waals surface area contributed by atoms with Gasteiger partial charge in [0.05, 0.1) is 23.8 Å². The summed E-state index contributed by atoms with van der Waals surface area (Å²) in [5.41, 5.74) is 1.86. The first-order valence-electron chi connectivity index (χ1n) is 9.86. The maximum atomic E-state index is 13.0. The summed E-state index contributed by atoms with van der Waals surface area (Å²) in [6, 6.07) is 10.4. The van der Waals surface area contributed by atoms with Crippen LogP contribution in [-0.2, 0) is 17.9 Å². The number of hydrogen-bond donors (Lipinski definition) is 2. The van der Waals surface area contributed by atoms with Gasteiger partial charge in [0.15, 0.2) is 0 Å². The summed E-state index contributed by atoms with van der Waals surface area (Å²) >= 11 is 0. The molecule has 0 saturated carbocycles. The average Bonchev–Trinajstić information content (AvgIpc) is 3.41. The highest BCUT2D eigenvalue weighted by Crippen LogP contribution is 2.27. The molecule has 0 radical (unpaired) electrons. The van der Waals surface area contributed by atoms with Gasteiger partial charge in [-0.15, -0.1) is 0 Å². The van der Waals surface area contributed by atoms with E-state index in [4.69, 9.17) is 4.42 Å². The fourth-order valence-electron chi connectivity index (χ4n) is 3.62. The van der Waals surface area contributed by atoms with E-state index < -0.39 is 6.04 Å². The lowest BCUT2D eigenvalue weighted by molar-refractivity contribution is -0.123. The van der Waals surface area contributed by atoms with Crippen LogP contribution in [0.2, 0.25) is 0 Å². The highest BCUT2D eigenvalue weighted by atomic mass is 16.3. The number of amides is 3. The van der Waals surface area contributed by atoms with Crippen LogP contribution in [0.15, 0.2) is 47.1 Å². The van der Waals surface area contributed by atoms with Crippen molar-refractivity contribution < 1.29 is 14.0 Å². The third-order valence-corrected chi connectivity index (χ3v) is 5.01. The first-order valence-corrected chi connectivity index (χ1v) is 9.86. The van der Waals surface area contributed by atoms with Gasteiger partial charge in [0, 0.05) is 13.1 Å². The van der Waals surface area contributed by atoms with E-state index in [0.717, 1.165) is 11.0 Å². The van der Waals surface area contributed by atoms with Crippen LogP contribution >= 0.6 is 0 Å². The van der Waals surface area contributed by atoms with Gasteiger partial charge >= 0.3 is 6.03 Å². The lowest BCUT2D eigenvalue weighted by atomic mass is 10.0. The van der Waals surface area contributed by atoms with Crippen molar-refractivity contribution in [1.29, 1.82) is 0 Å². The molecule has 1 aromatic carbocycles. The Hall–Kier alpha value is -3.29. The van der Waals surface area contributed by atoms with Crippen molar-refractivity contribution in [2.75, 3.05) is 11.4 Å². The number of nitrogens with one attached hydrogen (secondary N) is 2. The lowest BCUT2D eigenvalue weighted by Gasteiger charge is -2.23. The molecule has 0 spiro atoms. The number of carbonyl (C=O) groups is 2. The summed E-state index contributed by atoms with van der Waals surface area (Å²) < 4.78 is 7.28. The van der Waals surface area contributed by atoms with Crippen molar-refractivity contribution >= 4 is 28.9 Å². The molecule has 0 unspecified atom stereocenters. The van der Waals surface area contributed by atoms with E-state index in [1.807, 2.05) is 42.7 Å². The molecule has 29 heavy (non-hydrogen) atoms. The zero-order valence-corrected chi connectivity index (χ0v) is 16.6. The first-order chi connectivity index (χ1) is 14.0. The van der Waals surface area contributed by atoms with Crippen LogP contribution in [0.4, 0.5) is 10.7 Å². The van der Waals surface area contributed by atoms with Crippen LogP contribution < -0.4 is 15.5 Å². The second-order valence-electron chi connectivity index (χ2n) is 7.63. The maximum Gasteiger partial charge on any atom is 0.324 e. The molecule has 1 aliphatic heterocycles. The molecule has 3 amide bonds.